The molecule has 0 aromatic rings. The van der Waals surface area contributed by atoms with Crippen LogP contribution in [-0.4, -0.2) is 25.7 Å². The van der Waals surface area contributed by atoms with E-state index in [0.717, 1.165) is 26.1 Å². The Bertz CT molecular complexity index is 112. The molecule has 9 heavy (non-hydrogen) atoms. The van der Waals surface area contributed by atoms with E-state index in [0.29, 0.717) is 6.02 Å². The monoisotopic (exact) mass is 128 g/mol. The fraction of sp³-hybridized carbons (Fsp3) is 0.833. The molecule has 1 aliphatic rings. The first kappa shape index (κ1) is 6.39. The van der Waals surface area contributed by atoms with Gasteiger partial charge in [0.25, 0.3) is 6.02 Å². The summed E-state index contributed by atoms with van der Waals surface area (Å²) >= 11 is 0. The number of hydrogen-bond acceptors (Lipinski definition) is 3. The van der Waals surface area contributed by atoms with Crippen molar-refractivity contribution < 1.29 is 4.74 Å². The Balaban J connectivity index is 2.28. The van der Waals surface area contributed by atoms with Gasteiger partial charge in [-0.25, -0.2) is 4.99 Å². The molecule has 0 aromatic heterocycles. The van der Waals surface area contributed by atoms with E-state index >= 15 is 0 Å². The lowest BCUT2D eigenvalue weighted by Crippen LogP contribution is -2.29. The smallest absolute Gasteiger partial charge is 0.284 e. The van der Waals surface area contributed by atoms with Crippen molar-refractivity contribution in [2.24, 2.45) is 4.99 Å². The Morgan fingerprint density at radius 3 is 3.22 bits per heavy atom. The van der Waals surface area contributed by atoms with Crippen LogP contribution in [-0.2, 0) is 4.74 Å². The van der Waals surface area contributed by atoms with Gasteiger partial charge in [0.1, 0.15) is 0 Å². The largest absolute Gasteiger partial charge is 0.465 e. The number of rotatable bonds is 1. The summed E-state index contributed by atoms with van der Waals surface area (Å²) in [5, 5.41) is 3.01. The van der Waals surface area contributed by atoms with E-state index in [1.165, 1.54) is 0 Å². The van der Waals surface area contributed by atoms with E-state index in [1.807, 2.05) is 6.92 Å². The first-order chi connectivity index (χ1) is 4.43. The second-order valence-corrected chi connectivity index (χ2v) is 1.92. The molecule has 0 bridgehead atoms. The summed E-state index contributed by atoms with van der Waals surface area (Å²) in [4.78, 5) is 4.10. The van der Waals surface area contributed by atoms with Gasteiger partial charge in [0.05, 0.1) is 6.61 Å². The summed E-state index contributed by atoms with van der Waals surface area (Å²) in [5.41, 5.74) is 0. The highest BCUT2D eigenvalue weighted by atomic mass is 16.5. The van der Waals surface area contributed by atoms with Crippen LogP contribution in [0.15, 0.2) is 4.99 Å². The molecule has 3 heteroatoms. The van der Waals surface area contributed by atoms with Crippen LogP contribution in [0.4, 0.5) is 0 Å². The average molecular weight is 128 g/mol. The fourth-order valence-electron chi connectivity index (χ4n) is 0.718. The lowest BCUT2D eigenvalue weighted by molar-refractivity contribution is 0.268. The Morgan fingerprint density at radius 1 is 1.78 bits per heavy atom. The van der Waals surface area contributed by atoms with Crippen LogP contribution in [0, 0.1) is 0 Å². The van der Waals surface area contributed by atoms with E-state index in [-0.39, 0.29) is 0 Å². The molecular formula is C6H12N2O. The molecule has 3 nitrogen and oxygen atoms in total. The zero-order valence-corrected chi connectivity index (χ0v) is 5.68. The van der Waals surface area contributed by atoms with Gasteiger partial charge in [-0.15, -0.1) is 0 Å². The first-order valence-corrected chi connectivity index (χ1v) is 3.34. The number of ether oxygens (including phenoxy) is 1. The summed E-state index contributed by atoms with van der Waals surface area (Å²) in [6.07, 6.45) is 1.05. The molecule has 1 rings (SSSR count). The maximum atomic E-state index is 5.16. The summed E-state index contributed by atoms with van der Waals surface area (Å²) in [6.45, 7) is 4.63. The first-order valence-electron chi connectivity index (χ1n) is 3.34. The lowest BCUT2D eigenvalue weighted by Gasteiger charge is -2.13. The van der Waals surface area contributed by atoms with Crippen LogP contribution in [0.2, 0.25) is 0 Å². The Hall–Kier alpha value is -0.730. The third-order valence-corrected chi connectivity index (χ3v) is 1.12. The topological polar surface area (TPSA) is 33.6 Å². The second-order valence-electron chi connectivity index (χ2n) is 1.92. The Kier molecular flexibility index (Phi) is 2.36. The third-order valence-electron chi connectivity index (χ3n) is 1.12. The van der Waals surface area contributed by atoms with Crippen molar-refractivity contribution in [2.45, 2.75) is 13.3 Å². The maximum absolute atomic E-state index is 5.16. The highest BCUT2D eigenvalue weighted by Crippen LogP contribution is 1.92. The van der Waals surface area contributed by atoms with Crippen LogP contribution < -0.4 is 5.32 Å². The van der Waals surface area contributed by atoms with E-state index in [2.05, 4.69) is 10.3 Å². The maximum Gasteiger partial charge on any atom is 0.284 e. The Labute approximate surface area is 55.1 Å². The van der Waals surface area contributed by atoms with Crippen LogP contribution in [0.3, 0.4) is 0 Å². The summed E-state index contributed by atoms with van der Waals surface area (Å²) in [5.74, 6) is 0. The molecule has 0 atom stereocenters. The minimum atomic E-state index is 0.712. The van der Waals surface area contributed by atoms with Crippen molar-refractivity contribution in [3.63, 3.8) is 0 Å². The number of amidine groups is 1. The molecule has 0 fully saturated rings. The van der Waals surface area contributed by atoms with Crippen molar-refractivity contribution in [1.82, 2.24) is 5.32 Å². The minimum Gasteiger partial charge on any atom is -0.465 e. The normalized spacial score (nSPS) is 18.1. The number of nitrogens with zero attached hydrogens (tertiary/aromatic N) is 1. The SMILES string of the molecule is CCNC1=NCCCO1. The van der Waals surface area contributed by atoms with Crippen LogP contribution in [0.5, 0.6) is 0 Å². The van der Waals surface area contributed by atoms with E-state index in [1.54, 1.807) is 0 Å². The summed E-state index contributed by atoms with van der Waals surface area (Å²) in [6, 6.07) is 0.712. The van der Waals surface area contributed by atoms with Crippen molar-refractivity contribution in [2.75, 3.05) is 19.7 Å². The quantitative estimate of drug-likeness (QED) is 0.553. The van der Waals surface area contributed by atoms with Crippen molar-refractivity contribution >= 4 is 6.02 Å². The van der Waals surface area contributed by atoms with E-state index in [4.69, 9.17) is 4.74 Å². The highest BCUT2D eigenvalue weighted by Gasteiger charge is 2.01. The molecule has 0 unspecified atom stereocenters. The van der Waals surface area contributed by atoms with Gasteiger partial charge in [0.2, 0.25) is 0 Å². The molecule has 1 N–H and O–H groups in total. The predicted molar refractivity (Wildman–Crippen MR) is 36.5 cm³/mol. The van der Waals surface area contributed by atoms with Crippen LogP contribution in [0.1, 0.15) is 13.3 Å². The Morgan fingerprint density at radius 2 is 2.67 bits per heavy atom. The molecule has 1 heterocycles. The van der Waals surface area contributed by atoms with Gasteiger partial charge in [-0.2, -0.15) is 0 Å². The van der Waals surface area contributed by atoms with Gasteiger partial charge < -0.3 is 10.1 Å². The number of aliphatic imine (C=N–C) groups is 1. The summed E-state index contributed by atoms with van der Waals surface area (Å²) < 4.78 is 5.16. The van der Waals surface area contributed by atoms with Gasteiger partial charge in [-0.1, -0.05) is 0 Å². The van der Waals surface area contributed by atoms with Gasteiger partial charge >= 0.3 is 0 Å². The van der Waals surface area contributed by atoms with Crippen molar-refractivity contribution in [3.05, 3.63) is 0 Å². The molecule has 52 valence electrons. The van der Waals surface area contributed by atoms with Gasteiger partial charge in [-0.3, -0.25) is 0 Å². The molecule has 0 spiro atoms. The highest BCUT2D eigenvalue weighted by molar-refractivity contribution is 5.73. The lowest BCUT2D eigenvalue weighted by atomic mass is 10.4. The standard InChI is InChI=1S/C6H12N2O/c1-2-7-6-8-4-3-5-9-6/h2-5H2,1H3,(H,7,8). The van der Waals surface area contributed by atoms with Crippen LogP contribution in [0.25, 0.3) is 0 Å². The minimum absolute atomic E-state index is 0.712. The van der Waals surface area contributed by atoms with Crippen molar-refractivity contribution in [3.8, 4) is 0 Å². The average Bonchev–Trinajstić information content (AvgIpc) is 1.91. The zero-order valence-electron chi connectivity index (χ0n) is 5.68. The second kappa shape index (κ2) is 3.33. The summed E-state index contributed by atoms with van der Waals surface area (Å²) in [7, 11) is 0. The van der Waals surface area contributed by atoms with Gasteiger partial charge in [0.15, 0.2) is 0 Å². The zero-order chi connectivity index (χ0) is 6.53. The van der Waals surface area contributed by atoms with E-state index in [9.17, 15) is 0 Å². The molecule has 1 aliphatic heterocycles. The molecule has 0 aliphatic carbocycles. The molecule has 0 radical (unpaired) electrons. The van der Waals surface area contributed by atoms with E-state index < -0.39 is 0 Å². The van der Waals surface area contributed by atoms with Gasteiger partial charge in [0, 0.05) is 19.5 Å². The number of hydrogen-bond donors (Lipinski definition) is 1. The van der Waals surface area contributed by atoms with Crippen molar-refractivity contribution in [1.29, 1.82) is 0 Å². The fourth-order valence-corrected chi connectivity index (χ4v) is 0.718. The van der Waals surface area contributed by atoms with Crippen LogP contribution >= 0.6 is 0 Å². The molecule has 0 amide bonds. The molecule has 0 saturated heterocycles. The van der Waals surface area contributed by atoms with Gasteiger partial charge in [-0.05, 0) is 6.92 Å². The predicted octanol–water partition coefficient (Wildman–Crippen LogP) is 0.372. The third kappa shape index (κ3) is 1.91. The number of nitrogens with one attached hydrogen (secondary N) is 1. The molecule has 0 saturated carbocycles. The molecular weight excluding hydrogens is 116 g/mol. The molecule has 0 aromatic carbocycles.